The van der Waals surface area contributed by atoms with Crippen molar-refractivity contribution in [1.82, 2.24) is 10.2 Å². The Morgan fingerprint density at radius 1 is 1.19 bits per heavy atom. The molecule has 0 radical (unpaired) electrons. The Balaban J connectivity index is 0.00000243. The number of hydrogen-bond donors (Lipinski definition) is 1. The van der Waals surface area contributed by atoms with Gasteiger partial charge in [0, 0.05) is 18.7 Å². The maximum atomic E-state index is 6.18. The number of nitrogens with zero attached hydrogens (tertiary/aromatic N) is 1. The van der Waals surface area contributed by atoms with Gasteiger partial charge in [-0.3, -0.25) is 4.90 Å². The maximum absolute atomic E-state index is 6.18. The predicted molar refractivity (Wildman–Crippen MR) is 99.3 cm³/mol. The summed E-state index contributed by atoms with van der Waals surface area (Å²) in [4.78, 5) is 2.45. The minimum atomic E-state index is 0. The number of ether oxygens (including phenoxy) is 2. The summed E-state index contributed by atoms with van der Waals surface area (Å²) in [7, 11) is 1.61. The second-order valence-electron chi connectivity index (χ2n) is 6.10. The molecule has 1 fully saturated rings. The summed E-state index contributed by atoms with van der Waals surface area (Å²) < 4.78 is 16.4. The smallest absolute Gasteiger partial charge is 0.137 e. The van der Waals surface area contributed by atoms with Gasteiger partial charge in [-0.05, 0) is 49.8 Å². The molecule has 1 aliphatic rings. The lowest BCUT2D eigenvalue weighted by Crippen LogP contribution is -3.00. The first-order valence-electron chi connectivity index (χ1n) is 8.70. The SMILES string of the molecule is COc1ccc(-c2ccc(CNCCCN3CCOCC3)o2)cc1Cl.[Cl-]. The van der Waals surface area contributed by atoms with Crippen LogP contribution in [0, 0.1) is 0 Å². The number of nitrogens with one attached hydrogen (secondary N) is 1. The van der Waals surface area contributed by atoms with E-state index in [9.17, 15) is 0 Å². The van der Waals surface area contributed by atoms with Crippen molar-refractivity contribution in [3.63, 3.8) is 0 Å². The Hall–Kier alpha value is -1.24. The van der Waals surface area contributed by atoms with Gasteiger partial charge in [-0.15, -0.1) is 0 Å². The average Bonchev–Trinajstić information content (AvgIpc) is 3.11. The second-order valence-corrected chi connectivity index (χ2v) is 6.51. The lowest BCUT2D eigenvalue weighted by atomic mass is 10.2. The van der Waals surface area contributed by atoms with Gasteiger partial charge in [-0.2, -0.15) is 0 Å². The van der Waals surface area contributed by atoms with Crippen LogP contribution in [0.15, 0.2) is 34.7 Å². The van der Waals surface area contributed by atoms with E-state index in [2.05, 4.69) is 10.2 Å². The van der Waals surface area contributed by atoms with E-state index in [-0.39, 0.29) is 12.4 Å². The molecule has 1 aromatic heterocycles. The summed E-state index contributed by atoms with van der Waals surface area (Å²) in [6.45, 7) is 6.63. The van der Waals surface area contributed by atoms with Crippen molar-refractivity contribution in [3.8, 4) is 17.1 Å². The molecule has 7 heteroatoms. The predicted octanol–water partition coefficient (Wildman–Crippen LogP) is 0.425. The van der Waals surface area contributed by atoms with E-state index in [4.69, 9.17) is 25.5 Å². The molecule has 26 heavy (non-hydrogen) atoms. The van der Waals surface area contributed by atoms with Crippen LogP contribution in [0.4, 0.5) is 0 Å². The highest BCUT2D eigenvalue weighted by Gasteiger charge is 2.10. The number of rotatable bonds is 8. The van der Waals surface area contributed by atoms with Crippen molar-refractivity contribution in [2.75, 3.05) is 46.5 Å². The van der Waals surface area contributed by atoms with Gasteiger partial charge in [-0.25, -0.2) is 0 Å². The first-order valence-corrected chi connectivity index (χ1v) is 9.07. The molecule has 0 amide bonds. The number of halogens is 2. The molecule has 1 saturated heterocycles. The third-order valence-electron chi connectivity index (χ3n) is 4.33. The third-order valence-corrected chi connectivity index (χ3v) is 4.62. The molecular formula is C19H25Cl2N2O3-. The fraction of sp³-hybridized carbons (Fsp3) is 0.474. The molecule has 2 aromatic rings. The van der Waals surface area contributed by atoms with Gasteiger partial charge in [0.2, 0.25) is 0 Å². The highest BCUT2D eigenvalue weighted by Crippen LogP contribution is 2.31. The summed E-state index contributed by atoms with van der Waals surface area (Å²) in [5, 5.41) is 4.02. The van der Waals surface area contributed by atoms with Crippen molar-refractivity contribution in [2.24, 2.45) is 0 Å². The second kappa shape index (κ2) is 10.8. The van der Waals surface area contributed by atoms with E-state index in [1.165, 1.54) is 0 Å². The van der Waals surface area contributed by atoms with Crippen LogP contribution in [0.25, 0.3) is 11.3 Å². The summed E-state index contributed by atoms with van der Waals surface area (Å²) in [6, 6.07) is 9.64. The molecule has 1 aliphatic heterocycles. The summed E-state index contributed by atoms with van der Waals surface area (Å²) in [5.74, 6) is 2.40. The highest BCUT2D eigenvalue weighted by atomic mass is 35.5. The molecule has 0 atom stereocenters. The van der Waals surface area contributed by atoms with E-state index >= 15 is 0 Å². The summed E-state index contributed by atoms with van der Waals surface area (Å²) >= 11 is 6.18. The monoisotopic (exact) mass is 399 g/mol. The van der Waals surface area contributed by atoms with Crippen molar-refractivity contribution >= 4 is 11.6 Å². The van der Waals surface area contributed by atoms with Crippen LogP contribution in [-0.2, 0) is 11.3 Å². The number of methoxy groups -OCH3 is 1. The van der Waals surface area contributed by atoms with Crippen LogP contribution < -0.4 is 22.5 Å². The Bertz CT molecular complexity index is 673. The first-order chi connectivity index (χ1) is 12.3. The first kappa shape index (κ1) is 21.1. The summed E-state index contributed by atoms with van der Waals surface area (Å²) in [5.41, 5.74) is 0.948. The molecule has 144 valence electrons. The Labute approximate surface area is 166 Å². The van der Waals surface area contributed by atoms with E-state index in [1.807, 2.05) is 30.3 Å². The van der Waals surface area contributed by atoms with Gasteiger partial charge in [0.1, 0.15) is 17.3 Å². The van der Waals surface area contributed by atoms with E-state index in [1.54, 1.807) is 7.11 Å². The standard InChI is InChI=1S/C19H25ClN2O3.ClH/c1-23-19-5-3-15(13-17(19)20)18-6-4-16(25-18)14-21-7-2-8-22-9-11-24-12-10-22;/h3-6,13,21H,2,7-12,14H2,1H3;1H/p-1. The lowest BCUT2D eigenvalue weighted by Gasteiger charge is -2.26. The zero-order chi connectivity index (χ0) is 17.5. The van der Waals surface area contributed by atoms with Gasteiger partial charge in [0.25, 0.3) is 0 Å². The summed E-state index contributed by atoms with van der Waals surface area (Å²) in [6.07, 6.45) is 1.13. The quantitative estimate of drug-likeness (QED) is 0.652. The molecule has 0 bridgehead atoms. The molecule has 1 aromatic carbocycles. The van der Waals surface area contributed by atoms with Crippen LogP contribution in [0.2, 0.25) is 5.02 Å². The third kappa shape index (κ3) is 5.89. The molecule has 5 nitrogen and oxygen atoms in total. The molecular weight excluding hydrogens is 375 g/mol. The lowest BCUT2D eigenvalue weighted by molar-refractivity contribution is -0.00000743. The highest BCUT2D eigenvalue weighted by molar-refractivity contribution is 6.32. The minimum Gasteiger partial charge on any atom is -1.00 e. The van der Waals surface area contributed by atoms with E-state index in [0.717, 1.165) is 69.4 Å². The van der Waals surface area contributed by atoms with Crippen LogP contribution >= 0.6 is 11.6 Å². The van der Waals surface area contributed by atoms with Gasteiger partial charge in [0.05, 0.1) is 31.9 Å². The van der Waals surface area contributed by atoms with Crippen LogP contribution in [0.1, 0.15) is 12.2 Å². The maximum Gasteiger partial charge on any atom is 0.137 e. The van der Waals surface area contributed by atoms with Gasteiger partial charge in [0.15, 0.2) is 0 Å². The van der Waals surface area contributed by atoms with Crippen LogP contribution in [0.5, 0.6) is 5.75 Å². The molecule has 0 saturated carbocycles. The molecule has 0 aliphatic carbocycles. The zero-order valence-corrected chi connectivity index (χ0v) is 16.5. The fourth-order valence-electron chi connectivity index (χ4n) is 2.91. The largest absolute Gasteiger partial charge is 1.00 e. The molecule has 3 rings (SSSR count). The van der Waals surface area contributed by atoms with Gasteiger partial charge in [-0.1, -0.05) is 11.6 Å². The Morgan fingerprint density at radius 2 is 2.00 bits per heavy atom. The zero-order valence-electron chi connectivity index (χ0n) is 15.0. The average molecular weight is 400 g/mol. The molecule has 0 spiro atoms. The van der Waals surface area contributed by atoms with Crippen molar-refractivity contribution in [1.29, 1.82) is 0 Å². The minimum absolute atomic E-state index is 0. The molecule has 0 unspecified atom stereocenters. The number of morpholine rings is 1. The van der Waals surface area contributed by atoms with Gasteiger partial charge >= 0.3 is 0 Å². The van der Waals surface area contributed by atoms with E-state index < -0.39 is 0 Å². The van der Waals surface area contributed by atoms with Crippen molar-refractivity contribution in [2.45, 2.75) is 13.0 Å². The van der Waals surface area contributed by atoms with Gasteiger partial charge < -0.3 is 31.6 Å². The van der Waals surface area contributed by atoms with Crippen LogP contribution in [-0.4, -0.2) is 51.4 Å². The topological polar surface area (TPSA) is 46.9 Å². The van der Waals surface area contributed by atoms with Crippen molar-refractivity contribution < 1.29 is 26.3 Å². The molecule has 1 N–H and O–H groups in total. The number of hydrogen-bond acceptors (Lipinski definition) is 5. The normalized spacial score (nSPS) is 14.8. The van der Waals surface area contributed by atoms with E-state index in [0.29, 0.717) is 10.8 Å². The van der Waals surface area contributed by atoms with Crippen molar-refractivity contribution in [3.05, 3.63) is 41.1 Å². The molecule has 2 heterocycles. The fourth-order valence-corrected chi connectivity index (χ4v) is 3.17. The Morgan fingerprint density at radius 3 is 2.73 bits per heavy atom. The number of furan rings is 1. The van der Waals surface area contributed by atoms with Crippen LogP contribution in [0.3, 0.4) is 0 Å². The number of benzene rings is 1. The Kier molecular flexibility index (Phi) is 8.75.